The zero-order chi connectivity index (χ0) is 15.4. The molecule has 1 aromatic rings. The first-order chi connectivity index (χ1) is 10.7. The number of furan rings is 1. The maximum Gasteiger partial charge on any atom is 0.289 e. The summed E-state index contributed by atoms with van der Waals surface area (Å²) in [6.07, 6.45) is 5.25. The van der Waals surface area contributed by atoms with E-state index < -0.39 is 0 Å². The van der Waals surface area contributed by atoms with Gasteiger partial charge in [-0.3, -0.25) is 9.59 Å². The van der Waals surface area contributed by atoms with E-state index in [0.29, 0.717) is 38.4 Å². The molecule has 0 aliphatic carbocycles. The van der Waals surface area contributed by atoms with Crippen molar-refractivity contribution in [1.82, 2.24) is 9.80 Å². The minimum atomic E-state index is -0.104. The second-order valence-corrected chi connectivity index (χ2v) is 5.84. The molecule has 1 unspecified atom stereocenters. The van der Waals surface area contributed by atoms with Crippen molar-refractivity contribution in [2.45, 2.75) is 31.8 Å². The van der Waals surface area contributed by atoms with Gasteiger partial charge in [-0.25, -0.2) is 0 Å². The van der Waals surface area contributed by atoms with E-state index in [9.17, 15) is 9.59 Å². The van der Waals surface area contributed by atoms with E-state index >= 15 is 0 Å². The number of nitrogens with zero attached hydrogens (tertiary/aromatic N) is 2. The van der Waals surface area contributed by atoms with Crippen molar-refractivity contribution in [2.75, 3.05) is 32.8 Å². The van der Waals surface area contributed by atoms with Gasteiger partial charge in [0, 0.05) is 32.8 Å². The SMILES string of the molecule is O=C(CC1CCCCO1)N1CCN(C(=O)c2ccco2)CC1. The smallest absolute Gasteiger partial charge is 0.289 e. The Labute approximate surface area is 130 Å². The molecule has 3 rings (SSSR count). The number of amides is 2. The first-order valence-corrected chi connectivity index (χ1v) is 7.96. The zero-order valence-electron chi connectivity index (χ0n) is 12.7. The monoisotopic (exact) mass is 306 g/mol. The Morgan fingerprint density at radius 3 is 2.55 bits per heavy atom. The van der Waals surface area contributed by atoms with Gasteiger partial charge in [0.25, 0.3) is 5.91 Å². The Bertz CT molecular complexity index is 500. The zero-order valence-corrected chi connectivity index (χ0v) is 12.7. The Hall–Kier alpha value is -1.82. The minimum absolute atomic E-state index is 0.0732. The summed E-state index contributed by atoms with van der Waals surface area (Å²) in [6, 6.07) is 3.37. The lowest BCUT2D eigenvalue weighted by Gasteiger charge is -2.35. The van der Waals surface area contributed by atoms with Crippen LogP contribution >= 0.6 is 0 Å². The van der Waals surface area contributed by atoms with Gasteiger partial charge in [-0.2, -0.15) is 0 Å². The molecule has 2 aliphatic heterocycles. The van der Waals surface area contributed by atoms with Crippen LogP contribution in [0.2, 0.25) is 0 Å². The molecule has 0 bridgehead atoms. The Morgan fingerprint density at radius 1 is 1.14 bits per heavy atom. The highest BCUT2D eigenvalue weighted by Gasteiger charge is 2.27. The van der Waals surface area contributed by atoms with E-state index in [0.717, 1.165) is 25.9 Å². The van der Waals surface area contributed by atoms with Gasteiger partial charge < -0.3 is 19.0 Å². The molecule has 6 heteroatoms. The molecule has 2 saturated heterocycles. The molecular weight excluding hydrogens is 284 g/mol. The van der Waals surface area contributed by atoms with E-state index in [-0.39, 0.29) is 17.9 Å². The van der Waals surface area contributed by atoms with Crippen molar-refractivity contribution in [1.29, 1.82) is 0 Å². The first-order valence-electron chi connectivity index (χ1n) is 7.96. The van der Waals surface area contributed by atoms with Crippen molar-refractivity contribution in [3.05, 3.63) is 24.2 Å². The molecule has 2 amide bonds. The number of piperazine rings is 1. The molecule has 1 atom stereocenters. The average Bonchev–Trinajstić information content (AvgIpc) is 3.10. The highest BCUT2D eigenvalue weighted by atomic mass is 16.5. The van der Waals surface area contributed by atoms with Crippen LogP contribution in [0.3, 0.4) is 0 Å². The fourth-order valence-electron chi connectivity index (χ4n) is 3.01. The molecule has 1 aromatic heterocycles. The molecule has 0 radical (unpaired) electrons. The van der Waals surface area contributed by atoms with Crippen LogP contribution in [0.1, 0.15) is 36.2 Å². The minimum Gasteiger partial charge on any atom is -0.459 e. The third-order valence-electron chi connectivity index (χ3n) is 4.33. The van der Waals surface area contributed by atoms with E-state index in [1.807, 2.05) is 4.90 Å². The van der Waals surface area contributed by atoms with Gasteiger partial charge in [-0.05, 0) is 31.4 Å². The maximum absolute atomic E-state index is 12.3. The van der Waals surface area contributed by atoms with Gasteiger partial charge in [0.1, 0.15) is 0 Å². The fraction of sp³-hybridized carbons (Fsp3) is 0.625. The van der Waals surface area contributed by atoms with Crippen molar-refractivity contribution in [3.8, 4) is 0 Å². The summed E-state index contributed by atoms with van der Waals surface area (Å²) in [7, 11) is 0. The average molecular weight is 306 g/mol. The Balaban J connectivity index is 1.46. The summed E-state index contributed by atoms with van der Waals surface area (Å²) in [6.45, 7) is 3.03. The summed E-state index contributed by atoms with van der Waals surface area (Å²) < 4.78 is 10.8. The molecule has 0 aromatic carbocycles. The number of carbonyl (C=O) groups excluding carboxylic acids is 2. The van der Waals surface area contributed by atoms with Crippen molar-refractivity contribution in [3.63, 3.8) is 0 Å². The molecule has 22 heavy (non-hydrogen) atoms. The van der Waals surface area contributed by atoms with Crippen molar-refractivity contribution >= 4 is 11.8 Å². The van der Waals surface area contributed by atoms with Crippen LogP contribution in [0.4, 0.5) is 0 Å². The summed E-state index contributed by atoms with van der Waals surface area (Å²) in [4.78, 5) is 28.0. The van der Waals surface area contributed by atoms with Crippen molar-refractivity contribution < 1.29 is 18.7 Å². The molecule has 0 spiro atoms. The quantitative estimate of drug-likeness (QED) is 0.849. The van der Waals surface area contributed by atoms with Crippen LogP contribution in [0.5, 0.6) is 0 Å². The first kappa shape index (κ1) is 15.1. The second-order valence-electron chi connectivity index (χ2n) is 5.84. The van der Waals surface area contributed by atoms with Crippen LogP contribution < -0.4 is 0 Å². The fourth-order valence-corrected chi connectivity index (χ4v) is 3.01. The van der Waals surface area contributed by atoms with Gasteiger partial charge in [-0.15, -0.1) is 0 Å². The van der Waals surface area contributed by atoms with E-state index in [1.54, 1.807) is 17.0 Å². The van der Waals surface area contributed by atoms with Crippen LogP contribution in [-0.2, 0) is 9.53 Å². The number of hydrogen-bond acceptors (Lipinski definition) is 4. The lowest BCUT2D eigenvalue weighted by atomic mass is 10.1. The topological polar surface area (TPSA) is 63.0 Å². The van der Waals surface area contributed by atoms with Crippen LogP contribution in [0, 0.1) is 0 Å². The van der Waals surface area contributed by atoms with Gasteiger partial charge in [0.15, 0.2) is 5.76 Å². The third kappa shape index (κ3) is 3.50. The molecular formula is C16H22N2O4. The van der Waals surface area contributed by atoms with Crippen LogP contribution in [-0.4, -0.2) is 60.5 Å². The third-order valence-corrected chi connectivity index (χ3v) is 4.33. The number of ether oxygens (including phenoxy) is 1. The van der Waals surface area contributed by atoms with Crippen molar-refractivity contribution in [2.24, 2.45) is 0 Å². The van der Waals surface area contributed by atoms with Gasteiger partial charge in [0.05, 0.1) is 18.8 Å². The van der Waals surface area contributed by atoms with E-state index in [4.69, 9.17) is 9.15 Å². The standard InChI is InChI=1S/C16H22N2O4/c19-15(12-13-4-1-2-10-21-13)17-6-8-18(9-7-17)16(20)14-5-3-11-22-14/h3,5,11,13H,1-2,4,6-10,12H2. The predicted octanol–water partition coefficient (Wildman–Crippen LogP) is 1.52. The molecule has 0 saturated carbocycles. The van der Waals surface area contributed by atoms with Gasteiger partial charge in [0.2, 0.25) is 5.91 Å². The maximum atomic E-state index is 12.3. The molecule has 0 N–H and O–H groups in total. The highest BCUT2D eigenvalue weighted by Crippen LogP contribution is 2.17. The highest BCUT2D eigenvalue weighted by molar-refractivity contribution is 5.91. The Morgan fingerprint density at radius 2 is 1.91 bits per heavy atom. The Kier molecular flexibility index (Phi) is 4.77. The lowest BCUT2D eigenvalue weighted by molar-refractivity contribution is -0.136. The summed E-state index contributed by atoms with van der Waals surface area (Å²) >= 11 is 0. The largest absolute Gasteiger partial charge is 0.459 e. The summed E-state index contributed by atoms with van der Waals surface area (Å²) in [5.74, 6) is 0.389. The molecule has 2 fully saturated rings. The number of rotatable bonds is 3. The summed E-state index contributed by atoms with van der Waals surface area (Å²) in [5, 5.41) is 0. The molecule has 3 heterocycles. The molecule has 120 valence electrons. The van der Waals surface area contributed by atoms with Gasteiger partial charge >= 0.3 is 0 Å². The molecule has 6 nitrogen and oxygen atoms in total. The normalized spacial score (nSPS) is 22.6. The molecule has 2 aliphatic rings. The van der Waals surface area contributed by atoms with Gasteiger partial charge in [-0.1, -0.05) is 0 Å². The predicted molar refractivity (Wildman–Crippen MR) is 79.4 cm³/mol. The number of carbonyl (C=O) groups is 2. The van der Waals surface area contributed by atoms with E-state index in [1.165, 1.54) is 6.26 Å². The van der Waals surface area contributed by atoms with E-state index in [2.05, 4.69) is 0 Å². The summed E-state index contributed by atoms with van der Waals surface area (Å²) in [5.41, 5.74) is 0. The second kappa shape index (κ2) is 6.96. The number of hydrogen-bond donors (Lipinski definition) is 0. The van der Waals surface area contributed by atoms with Crippen LogP contribution in [0.25, 0.3) is 0 Å². The lowest BCUT2D eigenvalue weighted by Crippen LogP contribution is -2.51. The van der Waals surface area contributed by atoms with Crippen LogP contribution in [0.15, 0.2) is 22.8 Å².